The first kappa shape index (κ1) is 39.5. The molecule has 53 heavy (non-hydrogen) atoms. The Morgan fingerprint density at radius 3 is 1.92 bits per heavy atom. The Kier molecular flexibility index (Phi) is 12.6. The second-order valence-corrected chi connectivity index (χ2v) is 16.3. The number of anilines is 2. The Bertz CT molecular complexity index is 2310. The van der Waals surface area contributed by atoms with E-state index in [0.717, 1.165) is 50.7 Å². The summed E-state index contributed by atoms with van der Waals surface area (Å²) >= 11 is 2.82. The van der Waals surface area contributed by atoms with Crippen LogP contribution >= 0.6 is 22.7 Å². The number of nitrogens with zero attached hydrogens (tertiary/aromatic N) is 3. The van der Waals surface area contributed by atoms with E-state index in [-0.39, 0.29) is 23.4 Å². The molecular formula is C35H36N4O10S4. The highest BCUT2D eigenvalue weighted by Gasteiger charge is 2.32. The van der Waals surface area contributed by atoms with Gasteiger partial charge in [0.1, 0.15) is 9.75 Å². The van der Waals surface area contributed by atoms with Crippen LogP contribution in [0.3, 0.4) is 0 Å². The lowest BCUT2D eigenvalue weighted by Crippen LogP contribution is -2.32. The average Bonchev–Trinajstić information content (AvgIpc) is 3.65. The molecule has 0 atom stereocenters. The van der Waals surface area contributed by atoms with Crippen LogP contribution in [0.25, 0.3) is 20.9 Å². The number of ether oxygens (including phenoxy) is 2. The maximum Gasteiger partial charge on any atom is 0.394 e. The van der Waals surface area contributed by atoms with Gasteiger partial charge in [-0.3, -0.25) is 23.4 Å². The number of rotatable bonds is 6. The number of esters is 2. The molecule has 0 bridgehead atoms. The van der Waals surface area contributed by atoms with Crippen molar-refractivity contribution < 1.29 is 45.0 Å². The molecule has 0 unspecified atom stereocenters. The van der Waals surface area contributed by atoms with Gasteiger partial charge in [0, 0.05) is 46.4 Å². The molecule has 0 radical (unpaired) electrons. The first-order chi connectivity index (χ1) is 25.2. The first-order valence-corrected chi connectivity index (χ1v) is 20.7. The van der Waals surface area contributed by atoms with Crippen molar-refractivity contribution in [3.63, 3.8) is 0 Å². The highest BCUT2D eigenvalue weighted by atomic mass is 32.3. The van der Waals surface area contributed by atoms with Crippen molar-refractivity contribution in [2.75, 3.05) is 35.9 Å². The van der Waals surface area contributed by atoms with E-state index in [9.17, 15) is 18.0 Å². The molecule has 18 heteroatoms. The number of nitrogens with one attached hydrogen (secondary N) is 1. The fourth-order valence-corrected chi connectivity index (χ4v) is 9.31. The molecule has 1 aromatic carbocycles. The predicted octanol–water partition coefficient (Wildman–Crippen LogP) is 6.35. The van der Waals surface area contributed by atoms with E-state index in [1.54, 1.807) is 55.8 Å². The van der Waals surface area contributed by atoms with E-state index < -0.39 is 20.4 Å². The van der Waals surface area contributed by atoms with Crippen molar-refractivity contribution in [1.82, 2.24) is 9.97 Å². The summed E-state index contributed by atoms with van der Waals surface area (Å²) in [5, 5.41) is 3.36. The lowest BCUT2D eigenvalue weighted by atomic mass is 10.1. The van der Waals surface area contributed by atoms with Crippen LogP contribution in [0.5, 0.6) is 0 Å². The molecule has 4 aromatic heterocycles. The fraction of sp³-hybridized carbons (Fsp3) is 0.257. The summed E-state index contributed by atoms with van der Waals surface area (Å²) in [7, 11) is -8.41. The minimum Gasteiger partial charge on any atom is -0.462 e. The van der Waals surface area contributed by atoms with E-state index in [4.69, 9.17) is 27.0 Å². The highest BCUT2D eigenvalue weighted by molar-refractivity contribution is 7.92. The van der Waals surface area contributed by atoms with Gasteiger partial charge in [-0.2, -0.15) is 8.42 Å². The lowest BCUT2D eigenvalue weighted by Gasteiger charge is -2.24. The van der Waals surface area contributed by atoms with Crippen molar-refractivity contribution in [2.24, 2.45) is 0 Å². The normalized spacial score (nSPS) is 13.0. The van der Waals surface area contributed by atoms with Crippen molar-refractivity contribution in [3.8, 4) is 20.9 Å². The zero-order valence-electron chi connectivity index (χ0n) is 28.8. The maximum absolute atomic E-state index is 13.4. The van der Waals surface area contributed by atoms with E-state index in [2.05, 4.69) is 15.3 Å². The third kappa shape index (κ3) is 9.64. The second-order valence-electron chi connectivity index (χ2n) is 11.4. The maximum atomic E-state index is 13.4. The number of aryl methyl sites for hydroxylation is 1. The molecule has 0 fully saturated rings. The van der Waals surface area contributed by atoms with Gasteiger partial charge in [0.2, 0.25) is 0 Å². The fourth-order valence-electron chi connectivity index (χ4n) is 5.56. The van der Waals surface area contributed by atoms with Gasteiger partial charge in [-0.15, -0.1) is 22.7 Å². The van der Waals surface area contributed by atoms with Gasteiger partial charge in [-0.05, 0) is 81.1 Å². The summed E-state index contributed by atoms with van der Waals surface area (Å²) in [6.45, 7) is 7.34. The van der Waals surface area contributed by atoms with Gasteiger partial charge in [0.15, 0.2) is 0 Å². The van der Waals surface area contributed by atoms with E-state index in [0.29, 0.717) is 35.1 Å². The van der Waals surface area contributed by atoms with Crippen LogP contribution < -0.4 is 9.62 Å². The van der Waals surface area contributed by atoms with Crippen molar-refractivity contribution in [2.45, 2.75) is 38.5 Å². The topological polar surface area (TPSA) is 202 Å². The van der Waals surface area contributed by atoms with E-state index in [1.165, 1.54) is 32.5 Å². The Hall–Kier alpha value is -4.72. The van der Waals surface area contributed by atoms with Gasteiger partial charge in [-0.1, -0.05) is 17.7 Å². The average molecular weight is 801 g/mol. The summed E-state index contributed by atoms with van der Waals surface area (Å²) in [6, 6.07) is 14.4. The minimum atomic E-state index is -4.67. The van der Waals surface area contributed by atoms with Crippen LogP contribution in [0.15, 0.2) is 78.2 Å². The smallest absolute Gasteiger partial charge is 0.394 e. The standard InChI is InChI=1S/C21H20N2O4S2.C14H14N2O2S.H2O4S/c1-3-27-21(24)19-12-15-9-11-23(18-13-22-10-8-17(18)20(15)28-19)29(25,26)16-6-4-14(2)5-7-16;1-2-18-14(17)12-7-9-3-6-16-11-8-15-5-4-10(11)13(9)19-12;1-5(2,3)4/h4-8,10,12-13H,3,9,11H2,1-2H3;4-5,7-8,16H,2-3,6H2,1H3;(H2,1,2,3,4). The van der Waals surface area contributed by atoms with Crippen LogP contribution in [-0.4, -0.2) is 74.2 Å². The van der Waals surface area contributed by atoms with Crippen molar-refractivity contribution in [1.29, 1.82) is 0 Å². The minimum absolute atomic E-state index is 0.232. The SMILES string of the molecule is CCOC(=O)c1cc2c(s1)-c1ccncc1N(S(=O)(=O)c1ccc(C)cc1)CC2.CCOC(=O)c1cc2c(s1)-c1ccncc1NCC2.O=S(=O)(O)O. The summed E-state index contributed by atoms with van der Waals surface area (Å²) in [4.78, 5) is 35.8. The second kappa shape index (κ2) is 17.0. The molecule has 6 heterocycles. The molecular weight excluding hydrogens is 765 g/mol. The van der Waals surface area contributed by atoms with Crippen LogP contribution in [0.2, 0.25) is 0 Å². The van der Waals surface area contributed by atoms with E-state index >= 15 is 0 Å². The van der Waals surface area contributed by atoms with Gasteiger partial charge in [0.25, 0.3) is 10.0 Å². The third-order valence-corrected chi connectivity index (χ3v) is 12.1. The third-order valence-electron chi connectivity index (χ3n) is 7.85. The molecule has 0 aliphatic carbocycles. The summed E-state index contributed by atoms with van der Waals surface area (Å²) in [5.41, 5.74) is 6.54. The number of hydrogen-bond donors (Lipinski definition) is 3. The molecule has 0 saturated heterocycles. The number of carbonyl (C=O) groups is 2. The highest BCUT2D eigenvalue weighted by Crippen LogP contribution is 2.43. The van der Waals surface area contributed by atoms with Gasteiger partial charge < -0.3 is 14.8 Å². The number of aromatic nitrogens is 2. The van der Waals surface area contributed by atoms with Crippen LogP contribution in [0, 0.1) is 6.92 Å². The largest absolute Gasteiger partial charge is 0.462 e. The molecule has 280 valence electrons. The lowest BCUT2D eigenvalue weighted by molar-refractivity contribution is 0.0522. The number of carbonyl (C=O) groups excluding carboxylic acids is 2. The van der Waals surface area contributed by atoms with Crippen LogP contribution in [0.4, 0.5) is 11.4 Å². The predicted molar refractivity (Wildman–Crippen MR) is 203 cm³/mol. The van der Waals surface area contributed by atoms with Crippen LogP contribution in [-0.2, 0) is 42.7 Å². The molecule has 14 nitrogen and oxygen atoms in total. The van der Waals surface area contributed by atoms with Gasteiger partial charge in [-0.25, -0.2) is 18.0 Å². The molecule has 2 aliphatic heterocycles. The number of benzene rings is 1. The summed E-state index contributed by atoms with van der Waals surface area (Å²) < 4.78 is 69.9. The summed E-state index contributed by atoms with van der Waals surface area (Å²) in [5.74, 6) is -0.588. The molecule has 3 N–H and O–H groups in total. The monoisotopic (exact) mass is 800 g/mol. The number of sulfonamides is 1. The molecule has 0 spiro atoms. The number of hydrogen-bond acceptors (Lipinski definition) is 13. The first-order valence-electron chi connectivity index (χ1n) is 16.2. The zero-order chi connectivity index (χ0) is 38.3. The molecule has 0 amide bonds. The van der Waals surface area contributed by atoms with Crippen LogP contribution in [0.1, 0.15) is 49.9 Å². The summed E-state index contributed by atoms with van der Waals surface area (Å²) in [6.07, 6.45) is 8.20. The van der Waals surface area contributed by atoms with Gasteiger partial charge in [0.05, 0.1) is 41.9 Å². The number of fused-ring (bicyclic) bond motifs is 6. The Morgan fingerprint density at radius 1 is 0.811 bits per heavy atom. The molecule has 5 aromatic rings. The Labute approximate surface area is 315 Å². The molecule has 0 saturated carbocycles. The van der Waals surface area contributed by atoms with Gasteiger partial charge >= 0.3 is 22.3 Å². The molecule has 7 rings (SSSR count). The Morgan fingerprint density at radius 2 is 1.34 bits per heavy atom. The van der Waals surface area contributed by atoms with Crippen molar-refractivity contribution >= 4 is 66.4 Å². The quantitative estimate of drug-likeness (QED) is 0.127. The van der Waals surface area contributed by atoms with E-state index in [1.807, 2.05) is 38.2 Å². The number of pyridine rings is 2. The Balaban J connectivity index is 0.000000193. The molecule has 2 aliphatic rings. The zero-order valence-corrected chi connectivity index (χ0v) is 32.1. The number of thiophene rings is 2. The van der Waals surface area contributed by atoms with Crippen molar-refractivity contribution in [3.05, 3.63) is 99.8 Å².